The van der Waals surface area contributed by atoms with Crippen LogP contribution in [-0.4, -0.2) is 11.0 Å². The summed E-state index contributed by atoms with van der Waals surface area (Å²) in [6.07, 6.45) is 2.24. The van der Waals surface area contributed by atoms with Gasteiger partial charge in [-0.05, 0) is 12.5 Å². The first-order valence-corrected chi connectivity index (χ1v) is 5.00. The predicted molar refractivity (Wildman–Crippen MR) is 55.9 cm³/mol. The molecule has 2 atom stereocenters. The van der Waals surface area contributed by atoms with Crippen LogP contribution in [0.25, 0.3) is 0 Å². The molecule has 1 rings (SSSR count). The number of halogens is 2. The number of pyridine rings is 1. The summed E-state index contributed by atoms with van der Waals surface area (Å²) in [7, 11) is 0. The number of hydrogen-bond donors (Lipinski definition) is 1. The summed E-state index contributed by atoms with van der Waals surface area (Å²) < 4.78 is 13.4. The fraction of sp³-hybridized carbons (Fsp3) is 0.500. The number of hydrogen-bond acceptors (Lipinski definition) is 2. The lowest BCUT2D eigenvalue weighted by Crippen LogP contribution is -2.26. The van der Waals surface area contributed by atoms with E-state index in [-0.39, 0.29) is 17.8 Å². The molecule has 0 fully saturated rings. The van der Waals surface area contributed by atoms with Crippen LogP contribution in [0.5, 0.6) is 0 Å². The minimum absolute atomic E-state index is 0.0711. The number of nitrogens with two attached hydrogens (primary N) is 1. The summed E-state index contributed by atoms with van der Waals surface area (Å²) >= 11 is 5.60. The average molecular weight is 217 g/mol. The van der Waals surface area contributed by atoms with Crippen molar-refractivity contribution < 1.29 is 4.39 Å². The van der Waals surface area contributed by atoms with E-state index in [0.29, 0.717) is 10.7 Å². The van der Waals surface area contributed by atoms with Crippen LogP contribution in [0, 0.1) is 5.82 Å². The van der Waals surface area contributed by atoms with Gasteiger partial charge in [-0.15, -0.1) is 0 Å². The summed E-state index contributed by atoms with van der Waals surface area (Å²) in [5.74, 6) is -0.467. The second-order valence-electron chi connectivity index (χ2n) is 3.38. The van der Waals surface area contributed by atoms with E-state index in [4.69, 9.17) is 17.3 Å². The van der Waals surface area contributed by atoms with Crippen LogP contribution >= 0.6 is 11.6 Å². The van der Waals surface area contributed by atoms with Gasteiger partial charge in [0.25, 0.3) is 0 Å². The quantitative estimate of drug-likeness (QED) is 0.844. The van der Waals surface area contributed by atoms with Gasteiger partial charge in [-0.3, -0.25) is 4.98 Å². The first kappa shape index (κ1) is 11.4. The first-order chi connectivity index (χ1) is 6.56. The van der Waals surface area contributed by atoms with Crippen LogP contribution in [0.3, 0.4) is 0 Å². The molecule has 14 heavy (non-hydrogen) atoms. The molecule has 1 aromatic heterocycles. The van der Waals surface area contributed by atoms with Crippen LogP contribution in [0.15, 0.2) is 12.3 Å². The lowest BCUT2D eigenvalue weighted by atomic mass is 9.96. The predicted octanol–water partition coefficient (Wildman–Crippen LogP) is 2.71. The normalized spacial score (nSPS) is 15.2. The van der Waals surface area contributed by atoms with E-state index < -0.39 is 0 Å². The zero-order chi connectivity index (χ0) is 10.7. The lowest BCUT2D eigenvalue weighted by Gasteiger charge is -2.18. The van der Waals surface area contributed by atoms with Gasteiger partial charge in [0, 0.05) is 18.2 Å². The molecule has 0 aliphatic carbocycles. The van der Waals surface area contributed by atoms with Gasteiger partial charge in [-0.25, -0.2) is 4.39 Å². The Morgan fingerprint density at radius 3 is 2.79 bits per heavy atom. The zero-order valence-corrected chi connectivity index (χ0v) is 9.05. The van der Waals surface area contributed by atoms with Crippen molar-refractivity contribution in [3.8, 4) is 0 Å². The van der Waals surface area contributed by atoms with Crippen molar-refractivity contribution in [3.63, 3.8) is 0 Å². The van der Waals surface area contributed by atoms with Gasteiger partial charge in [-0.2, -0.15) is 0 Å². The highest BCUT2D eigenvalue weighted by atomic mass is 35.5. The third-order valence-corrected chi connectivity index (χ3v) is 2.59. The molecule has 4 heteroatoms. The van der Waals surface area contributed by atoms with Gasteiger partial charge in [0.2, 0.25) is 0 Å². The number of rotatable bonds is 3. The van der Waals surface area contributed by atoms with E-state index in [9.17, 15) is 4.39 Å². The Kier molecular flexibility index (Phi) is 3.84. The highest BCUT2D eigenvalue weighted by Gasteiger charge is 2.18. The Morgan fingerprint density at radius 2 is 2.29 bits per heavy atom. The molecule has 0 spiro atoms. The smallest absolute Gasteiger partial charge is 0.146 e. The zero-order valence-electron chi connectivity index (χ0n) is 8.30. The summed E-state index contributed by atoms with van der Waals surface area (Å²) in [5.41, 5.74) is 6.21. The fourth-order valence-corrected chi connectivity index (χ4v) is 1.46. The van der Waals surface area contributed by atoms with Crippen LogP contribution in [-0.2, 0) is 0 Å². The third-order valence-electron chi connectivity index (χ3n) is 2.38. The minimum Gasteiger partial charge on any atom is -0.327 e. The molecule has 1 aromatic rings. The van der Waals surface area contributed by atoms with Crippen molar-refractivity contribution in [3.05, 3.63) is 28.8 Å². The van der Waals surface area contributed by atoms with Gasteiger partial charge in [0.1, 0.15) is 5.82 Å². The van der Waals surface area contributed by atoms with Gasteiger partial charge >= 0.3 is 0 Å². The Morgan fingerprint density at radius 1 is 1.64 bits per heavy atom. The summed E-state index contributed by atoms with van der Waals surface area (Å²) in [6, 6.07) is 1.20. The average Bonchev–Trinajstić information content (AvgIpc) is 2.15. The second kappa shape index (κ2) is 4.71. The Balaban J connectivity index is 2.95. The van der Waals surface area contributed by atoms with Crippen molar-refractivity contribution in [1.29, 1.82) is 0 Å². The van der Waals surface area contributed by atoms with Crippen molar-refractivity contribution in [2.45, 2.75) is 32.2 Å². The first-order valence-electron chi connectivity index (χ1n) is 4.62. The molecule has 0 saturated heterocycles. The molecular formula is C10H14ClFN2. The van der Waals surface area contributed by atoms with Gasteiger partial charge < -0.3 is 5.73 Å². The van der Waals surface area contributed by atoms with Crippen LogP contribution in [0.4, 0.5) is 4.39 Å². The molecule has 0 radical (unpaired) electrons. The van der Waals surface area contributed by atoms with E-state index >= 15 is 0 Å². The third kappa shape index (κ3) is 2.42. The Labute approximate surface area is 88.3 Å². The molecule has 0 bridgehead atoms. The SMILES string of the molecule is CCC(N)C(C)c1ncc(Cl)cc1F. The van der Waals surface area contributed by atoms with Gasteiger partial charge in [0.05, 0.1) is 10.7 Å². The van der Waals surface area contributed by atoms with E-state index in [1.54, 1.807) is 0 Å². The van der Waals surface area contributed by atoms with E-state index in [0.717, 1.165) is 6.42 Å². The molecule has 0 aliphatic rings. The van der Waals surface area contributed by atoms with E-state index in [2.05, 4.69) is 4.98 Å². The number of aromatic nitrogens is 1. The van der Waals surface area contributed by atoms with Gasteiger partial charge in [0.15, 0.2) is 0 Å². The Hall–Kier alpha value is -0.670. The fourth-order valence-electron chi connectivity index (χ4n) is 1.32. The maximum Gasteiger partial charge on any atom is 0.146 e. The summed E-state index contributed by atoms with van der Waals surface area (Å²) in [5, 5.41) is 0.309. The van der Waals surface area contributed by atoms with Crippen LogP contribution in [0.2, 0.25) is 5.02 Å². The van der Waals surface area contributed by atoms with Crippen molar-refractivity contribution in [1.82, 2.24) is 4.98 Å². The van der Waals surface area contributed by atoms with E-state index in [1.807, 2.05) is 13.8 Å². The maximum absolute atomic E-state index is 13.4. The highest BCUT2D eigenvalue weighted by Crippen LogP contribution is 2.22. The van der Waals surface area contributed by atoms with Crippen molar-refractivity contribution >= 4 is 11.6 Å². The molecule has 78 valence electrons. The van der Waals surface area contributed by atoms with Crippen molar-refractivity contribution in [2.75, 3.05) is 0 Å². The summed E-state index contributed by atoms with van der Waals surface area (Å²) in [4.78, 5) is 3.96. The monoisotopic (exact) mass is 216 g/mol. The minimum atomic E-state index is -0.381. The van der Waals surface area contributed by atoms with E-state index in [1.165, 1.54) is 12.3 Å². The molecule has 0 aliphatic heterocycles. The maximum atomic E-state index is 13.4. The topological polar surface area (TPSA) is 38.9 Å². The second-order valence-corrected chi connectivity index (χ2v) is 3.82. The highest BCUT2D eigenvalue weighted by molar-refractivity contribution is 6.30. The largest absolute Gasteiger partial charge is 0.327 e. The molecular weight excluding hydrogens is 203 g/mol. The molecule has 0 aromatic carbocycles. The van der Waals surface area contributed by atoms with Gasteiger partial charge in [-0.1, -0.05) is 25.4 Å². The number of nitrogens with zero attached hydrogens (tertiary/aromatic N) is 1. The molecule has 2 unspecified atom stereocenters. The standard InChI is InChI=1S/C10H14ClFN2/c1-3-9(13)6(2)10-8(12)4-7(11)5-14-10/h4-6,9H,3,13H2,1-2H3. The van der Waals surface area contributed by atoms with Crippen LogP contribution in [0.1, 0.15) is 31.9 Å². The van der Waals surface area contributed by atoms with Crippen LogP contribution < -0.4 is 5.73 Å². The van der Waals surface area contributed by atoms with Crippen molar-refractivity contribution in [2.24, 2.45) is 5.73 Å². The summed E-state index contributed by atoms with van der Waals surface area (Å²) in [6.45, 7) is 3.84. The molecule has 2 N–H and O–H groups in total. The lowest BCUT2D eigenvalue weighted by molar-refractivity contribution is 0.503. The molecule has 0 saturated carbocycles. The Bertz CT molecular complexity index is 317. The molecule has 1 heterocycles. The molecule has 2 nitrogen and oxygen atoms in total. The molecule has 0 amide bonds.